The largest absolute Gasteiger partial charge is 0.394 e. The minimum absolute atomic E-state index is 0.0157. The molecule has 9 unspecified atom stereocenters. The predicted molar refractivity (Wildman–Crippen MR) is 271 cm³/mol. The van der Waals surface area contributed by atoms with Crippen LogP contribution in [-0.2, 0) is 61.6 Å². The summed E-state index contributed by atoms with van der Waals surface area (Å²) < 4.78 is 65.7. The first kappa shape index (κ1) is 86.5. The molecule has 0 aliphatic carbocycles. The van der Waals surface area contributed by atoms with Crippen LogP contribution in [-0.4, -0.2) is 401 Å². The van der Waals surface area contributed by atoms with E-state index in [9.17, 15) is 0 Å². The van der Waals surface area contributed by atoms with Gasteiger partial charge in [-0.25, -0.2) is 0 Å². The molecule has 20 N–H and O–H groups in total. The molecule has 33 heteroatoms. The second-order valence-corrected chi connectivity index (χ2v) is 16.5. The van der Waals surface area contributed by atoms with Crippen molar-refractivity contribution in [2.75, 3.05) is 213 Å². The summed E-state index contributed by atoms with van der Waals surface area (Å²) in [5, 5.41) is 168. The fourth-order valence-corrected chi connectivity index (χ4v) is 4.74. The van der Waals surface area contributed by atoms with Gasteiger partial charge in [0.25, 0.3) is 0 Å². The number of ether oxygens (including phenoxy) is 13. The van der Waals surface area contributed by atoms with Crippen LogP contribution in [0.1, 0.15) is 0 Å². The van der Waals surface area contributed by atoms with Crippen LogP contribution in [0.2, 0.25) is 0 Å². The predicted octanol–water partition coefficient (Wildman–Crippen LogP) is -11.3. The van der Waals surface area contributed by atoms with Gasteiger partial charge in [-0.05, 0) is 0 Å². The zero-order valence-electron chi connectivity index (χ0n) is 46.1. The highest BCUT2D eigenvalue weighted by Gasteiger charge is 2.22. The van der Waals surface area contributed by atoms with Gasteiger partial charge in [-0.1, -0.05) is 0 Å². The Balaban J connectivity index is -0.000000268. The van der Waals surface area contributed by atoms with Gasteiger partial charge < -0.3 is 164 Å². The molecule has 0 aromatic carbocycles. The maximum absolute atomic E-state index is 8.97. The van der Waals surface area contributed by atoms with E-state index in [4.69, 9.17) is 164 Å². The molecule has 0 spiro atoms. The number of methoxy groups -OCH3 is 4. The molecule has 79 heavy (non-hydrogen) atoms. The third kappa shape index (κ3) is 59.6. The average molecular weight is 1180 g/mol. The summed E-state index contributed by atoms with van der Waals surface area (Å²) in [6.07, 6.45) is -7.27. The molecule has 3 saturated heterocycles. The first-order valence-corrected chi connectivity index (χ1v) is 25.0. The molecule has 3 rings (SSSR count). The van der Waals surface area contributed by atoms with Crippen LogP contribution >= 0.6 is 0 Å². The van der Waals surface area contributed by atoms with E-state index in [-0.39, 0.29) is 162 Å². The van der Waals surface area contributed by atoms with Crippen LogP contribution in [0.15, 0.2) is 0 Å². The molecule has 484 valence electrons. The van der Waals surface area contributed by atoms with Crippen molar-refractivity contribution in [2.24, 2.45) is 0 Å². The lowest BCUT2D eigenvalue weighted by atomic mass is 10.3. The van der Waals surface area contributed by atoms with Crippen molar-refractivity contribution in [2.45, 2.75) is 85.5 Å². The Morgan fingerprint density at radius 3 is 0.937 bits per heavy atom. The van der Waals surface area contributed by atoms with Crippen molar-refractivity contribution in [3.63, 3.8) is 0 Å². The molecule has 3 fully saturated rings. The van der Waals surface area contributed by atoms with Gasteiger partial charge >= 0.3 is 0 Å². The van der Waals surface area contributed by atoms with Gasteiger partial charge in [-0.2, -0.15) is 0 Å². The maximum atomic E-state index is 8.97. The minimum atomic E-state index is -0.954. The van der Waals surface area contributed by atoms with E-state index < -0.39 is 42.7 Å². The fourth-order valence-electron chi connectivity index (χ4n) is 4.74. The van der Waals surface area contributed by atoms with Crippen LogP contribution in [0.3, 0.4) is 0 Å². The van der Waals surface area contributed by atoms with Crippen LogP contribution in [0.5, 0.6) is 0 Å². The fraction of sp³-hybridized carbons (Fsp3) is 1.00. The molecule has 3 aliphatic heterocycles. The monoisotopic (exact) mass is 1180 g/mol. The Bertz CT molecular complexity index is 1040. The number of hydrogen-bond donors (Lipinski definition) is 20. The Morgan fingerprint density at radius 2 is 0.646 bits per heavy atom. The SMILES string of the molecule is COCC(COC)OC(COC)COC.OCC(O)CO.OCC(O)CO.OCC(O)COC(CO)CO.OCC(O)COCC(O)CO.OCC1COC(CO)CO1.OCC1COCC(CO)O1.OCC1COCC(O)CO1. The first-order valence-electron chi connectivity index (χ1n) is 25.0. The zero-order valence-corrected chi connectivity index (χ0v) is 46.1. The molecule has 0 bridgehead atoms. The molecule has 0 saturated carbocycles. The van der Waals surface area contributed by atoms with Gasteiger partial charge in [-0.3, -0.25) is 0 Å². The Kier molecular flexibility index (Phi) is 72.0. The summed E-state index contributed by atoms with van der Waals surface area (Å²) in [7, 11) is 6.53. The summed E-state index contributed by atoms with van der Waals surface area (Å²) in [6, 6.07) is 0. The molecule has 0 aromatic heterocycles. The highest BCUT2D eigenvalue weighted by atomic mass is 16.6. The summed E-state index contributed by atoms with van der Waals surface area (Å²) in [5.41, 5.74) is 0. The molecule has 0 radical (unpaired) electrons. The molecule has 3 aliphatic rings. The molecule has 3 heterocycles. The summed E-state index contributed by atoms with van der Waals surface area (Å²) in [5.74, 6) is 0. The van der Waals surface area contributed by atoms with Gasteiger partial charge in [-0.15, -0.1) is 0 Å². The van der Waals surface area contributed by atoms with Gasteiger partial charge in [0.15, 0.2) is 0 Å². The molecular weight excluding hydrogens is 1080 g/mol. The third-order valence-corrected chi connectivity index (χ3v) is 9.01. The quantitative estimate of drug-likeness (QED) is 0.0306. The van der Waals surface area contributed by atoms with Crippen molar-refractivity contribution in [1.82, 2.24) is 0 Å². The Morgan fingerprint density at radius 1 is 0.342 bits per heavy atom. The van der Waals surface area contributed by atoms with Gasteiger partial charge in [0.2, 0.25) is 0 Å². The molecule has 0 aromatic rings. The standard InChI is InChI=1S/C10H22O5.2C6H14O5.3C6H12O4.2C3H8O3/c1-11-5-9(6-12-2)15-10(7-13-3)8-14-4;7-1-5(10)4-11-6(2-8)3-9;7-1-5(9)3-11-4-6(10)2-8;7-1-6-4-9-2-5(8)3-10-6;7-1-5-3-10-6(2-8)4-9-5;7-1-5-3-9-4-6(2-8)10-5;2*4-1-3(6)2-5/h9-10H,5-8H2,1-4H3;2*5-10H,1-4H2;3*5-8H,1-4H2;2*3-6H,1-2H2. The van der Waals surface area contributed by atoms with Crippen molar-refractivity contribution < 1.29 is 164 Å². The molecule has 9 atom stereocenters. The highest BCUT2D eigenvalue weighted by Crippen LogP contribution is 2.07. The van der Waals surface area contributed by atoms with Crippen LogP contribution in [0.4, 0.5) is 0 Å². The molecule has 0 amide bonds. The van der Waals surface area contributed by atoms with E-state index in [2.05, 4.69) is 0 Å². The number of hydrogen-bond acceptors (Lipinski definition) is 33. The summed E-state index contributed by atoms with van der Waals surface area (Å²) in [4.78, 5) is 0. The van der Waals surface area contributed by atoms with Crippen molar-refractivity contribution in [3.8, 4) is 0 Å². The lowest BCUT2D eigenvalue weighted by Gasteiger charge is -2.27. The number of rotatable bonds is 31. The Hall–Kier alpha value is -1.32. The van der Waals surface area contributed by atoms with E-state index in [1.54, 1.807) is 28.4 Å². The van der Waals surface area contributed by atoms with E-state index in [0.717, 1.165) is 0 Å². The van der Waals surface area contributed by atoms with E-state index in [1.165, 1.54) is 0 Å². The van der Waals surface area contributed by atoms with E-state index in [0.29, 0.717) is 66.1 Å². The van der Waals surface area contributed by atoms with E-state index in [1.807, 2.05) is 0 Å². The second-order valence-electron chi connectivity index (χ2n) is 16.5. The smallest absolute Gasteiger partial charge is 0.105 e. The lowest BCUT2D eigenvalue weighted by molar-refractivity contribution is -0.161. The topological polar surface area (TPSA) is 525 Å². The van der Waals surface area contributed by atoms with Crippen molar-refractivity contribution >= 4 is 0 Å². The normalized spacial score (nSPS) is 21.1. The zero-order chi connectivity index (χ0) is 61.1. The van der Waals surface area contributed by atoms with Crippen LogP contribution in [0.25, 0.3) is 0 Å². The van der Waals surface area contributed by atoms with Gasteiger partial charge in [0.05, 0.1) is 185 Å². The number of aliphatic hydroxyl groups is 20. The Labute approximate surface area is 462 Å². The highest BCUT2D eigenvalue weighted by molar-refractivity contribution is 4.67. The third-order valence-electron chi connectivity index (χ3n) is 9.01. The maximum Gasteiger partial charge on any atom is 0.105 e. The van der Waals surface area contributed by atoms with Crippen LogP contribution in [0, 0.1) is 0 Å². The second kappa shape index (κ2) is 65.8. The van der Waals surface area contributed by atoms with Gasteiger partial charge in [0, 0.05) is 28.4 Å². The van der Waals surface area contributed by atoms with Crippen molar-refractivity contribution in [3.05, 3.63) is 0 Å². The summed E-state index contributed by atoms with van der Waals surface area (Å²) in [6.45, 7) is 1.03. The number of aliphatic hydroxyl groups excluding tert-OH is 20. The van der Waals surface area contributed by atoms with Crippen LogP contribution < -0.4 is 0 Å². The first-order chi connectivity index (χ1) is 37.9. The van der Waals surface area contributed by atoms with E-state index >= 15 is 0 Å². The summed E-state index contributed by atoms with van der Waals surface area (Å²) >= 11 is 0. The minimum Gasteiger partial charge on any atom is -0.394 e. The van der Waals surface area contributed by atoms with Crippen molar-refractivity contribution in [1.29, 1.82) is 0 Å². The molecular formula is C46H102O33. The molecule has 33 nitrogen and oxygen atoms in total. The van der Waals surface area contributed by atoms with Gasteiger partial charge in [0.1, 0.15) is 85.5 Å². The average Bonchev–Trinajstić information content (AvgIpc) is 3.71. The lowest BCUT2D eigenvalue weighted by Crippen LogP contribution is -2.39.